The number of ether oxygens (including phenoxy) is 2. The Morgan fingerprint density at radius 1 is 0.366 bits per heavy atom. The molecule has 0 bridgehead atoms. The van der Waals surface area contributed by atoms with Crippen LogP contribution < -0.4 is 0 Å². The molecular formula is C72H143NO8P+. The zero-order valence-corrected chi connectivity index (χ0v) is 56.7. The minimum absolute atomic E-state index is 0.0365. The van der Waals surface area contributed by atoms with Crippen LogP contribution in [0.4, 0.5) is 0 Å². The second-order valence-electron chi connectivity index (χ2n) is 26.3. The third-order valence-corrected chi connectivity index (χ3v) is 17.8. The van der Waals surface area contributed by atoms with Crippen LogP contribution in [0.25, 0.3) is 0 Å². The molecule has 488 valence electrons. The van der Waals surface area contributed by atoms with E-state index in [-0.39, 0.29) is 25.6 Å². The van der Waals surface area contributed by atoms with Crippen LogP contribution in [0, 0.1) is 0 Å². The molecule has 0 aromatic rings. The van der Waals surface area contributed by atoms with Crippen molar-refractivity contribution >= 4 is 19.8 Å². The molecule has 0 spiro atoms. The van der Waals surface area contributed by atoms with E-state index in [2.05, 4.69) is 26.0 Å². The van der Waals surface area contributed by atoms with Crippen LogP contribution in [0.3, 0.4) is 0 Å². The number of carbonyl (C=O) groups is 2. The fraction of sp³-hybridized carbons (Fsp3) is 0.944. The van der Waals surface area contributed by atoms with E-state index in [0.717, 1.165) is 38.5 Å². The van der Waals surface area contributed by atoms with E-state index >= 15 is 0 Å². The van der Waals surface area contributed by atoms with Gasteiger partial charge in [0.2, 0.25) is 0 Å². The maximum Gasteiger partial charge on any atom is 0.472 e. The first kappa shape index (κ1) is 80.8. The second kappa shape index (κ2) is 64.2. The number of quaternary nitrogens is 1. The number of likely N-dealkylation sites (N-methyl/N-ethyl adjacent to an activating group) is 1. The molecule has 0 saturated carbocycles. The Morgan fingerprint density at radius 2 is 0.622 bits per heavy atom. The largest absolute Gasteiger partial charge is 0.472 e. The summed E-state index contributed by atoms with van der Waals surface area (Å²) in [4.78, 5) is 35.9. The van der Waals surface area contributed by atoms with E-state index in [9.17, 15) is 19.0 Å². The first-order valence-corrected chi connectivity index (χ1v) is 37.9. The van der Waals surface area contributed by atoms with Crippen LogP contribution in [0.5, 0.6) is 0 Å². The molecule has 9 nitrogen and oxygen atoms in total. The van der Waals surface area contributed by atoms with Crippen molar-refractivity contribution in [3.05, 3.63) is 12.2 Å². The minimum Gasteiger partial charge on any atom is -0.462 e. The number of hydrogen-bond acceptors (Lipinski definition) is 7. The summed E-state index contributed by atoms with van der Waals surface area (Å²) in [6.07, 6.45) is 79.0. The smallest absolute Gasteiger partial charge is 0.462 e. The van der Waals surface area contributed by atoms with Crippen molar-refractivity contribution in [2.75, 3.05) is 47.5 Å². The van der Waals surface area contributed by atoms with E-state index < -0.39 is 26.5 Å². The molecule has 0 fully saturated rings. The highest BCUT2D eigenvalue weighted by molar-refractivity contribution is 7.47. The number of nitrogens with zero attached hydrogens (tertiary/aromatic N) is 1. The van der Waals surface area contributed by atoms with Crippen molar-refractivity contribution in [1.82, 2.24) is 0 Å². The van der Waals surface area contributed by atoms with Crippen molar-refractivity contribution in [2.24, 2.45) is 0 Å². The first-order valence-electron chi connectivity index (χ1n) is 36.4. The summed E-state index contributed by atoms with van der Waals surface area (Å²) in [5.41, 5.74) is 0. The Kier molecular flexibility index (Phi) is 63.3. The van der Waals surface area contributed by atoms with Crippen molar-refractivity contribution in [3.63, 3.8) is 0 Å². The predicted octanol–water partition coefficient (Wildman–Crippen LogP) is 23.5. The maximum absolute atomic E-state index is 12.9. The molecule has 0 saturated heterocycles. The van der Waals surface area contributed by atoms with Crippen molar-refractivity contribution < 1.29 is 42.1 Å². The molecule has 0 amide bonds. The SMILES string of the molecule is CCCCCCCCCC/C=C\CCCCCCCCCCCCCCCCCCCC(=O)OC(COC(=O)CCCCCCCCCCCCCCCCCCCCCCCCCCCCCCC)COP(=O)(O)OCC[N+](C)(C)C. The molecule has 0 aromatic heterocycles. The van der Waals surface area contributed by atoms with Gasteiger partial charge in [0.15, 0.2) is 6.10 Å². The van der Waals surface area contributed by atoms with Crippen LogP contribution in [-0.2, 0) is 32.7 Å². The zero-order chi connectivity index (χ0) is 59.8. The highest BCUT2D eigenvalue weighted by atomic mass is 31.2. The van der Waals surface area contributed by atoms with Crippen molar-refractivity contribution in [2.45, 2.75) is 392 Å². The Labute approximate surface area is 511 Å². The summed E-state index contributed by atoms with van der Waals surface area (Å²) in [5, 5.41) is 0. The fourth-order valence-electron chi connectivity index (χ4n) is 11.2. The van der Waals surface area contributed by atoms with Crippen LogP contribution >= 0.6 is 7.82 Å². The van der Waals surface area contributed by atoms with Gasteiger partial charge in [-0.2, -0.15) is 0 Å². The van der Waals surface area contributed by atoms with Gasteiger partial charge in [0.05, 0.1) is 27.7 Å². The van der Waals surface area contributed by atoms with Gasteiger partial charge in [-0.05, 0) is 38.5 Å². The predicted molar refractivity (Wildman–Crippen MR) is 354 cm³/mol. The third kappa shape index (κ3) is 67.9. The van der Waals surface area contributed by atoms with E-state index in [1.807, 2.05) is 21.1 Å². The molecule has 0 aliphatic rings. The lowest BCUT2D eigenvalue weighted by molar-refractivity contribution is -0.870. The van der Waals surface area contributed by atoms with Crippen LogP contribution in [0.15, 0.2) is 12.2 Å². The molecule has 0 radical (unpaired) electrons. The van der Waals surface area contributed by atoms with Crippen LogP contribution in [0.1, 0.15) is 386 Å². The fourth-order valence-corrected chi connectivity index (χ4v) is 11.9. The lowest BCUT2D eigenvalue weighted by Gasteiger charge is -2.24. The molecule has 82 heavy (non-hydrogen) atoms. The van der Waals surface area contributed by atoms with E-state index in [0.29, 0.717) is 17.4 Å². The summed E-state index contributed by atoms with van der Waals surface area (Å²) in [7, 11) is 1.50. The number of rotatable bonds is 69. The summed E-state index contributed by atoms with van der Waals surface area (Å²) in [5.74, 6) is -0.770. The summed E-state index contributed by atoms with van der Waals surface area (Å²) in [6, 6.07) is 0. The van der Waals surface area contributed by atoms with Gasteiger partial charge in [-0.15, -0.1) is 0 Å². The number of allylic oxidation sites excluding steroid dienone is 2. The average Bonchev–Trinajstić information content (AvgIpc) is 3.45. The summed E-state index contributed by atoms with van der Waals surface area (Å²) < 4.78 is 34.8. The second-order valence-corrected chi connectivity index (χ2v) is 27.8. The molecular weight excluding hydrogens is 1040 g/mol. The Hall–Kier alpha value is -1.25. The van der Waals surface area contributed by atoms with Crippen LogP contribution in [-0.4, -0.2) is 74.9 Å². The van der Waals surface area contributed by atoms with E-state index in [4.69, 9.17) is 18.5 Å². The van der Waals surface area contributed by atoms with Crippen LogP contribution in [0.2, 0.25) is 0 Å². The lowest BCUT2D eigenvalue weighted by atomic mass is 10.0. The van der Waals surface area contributed by atoms with Gasteiger partial charge in [-0.1, -0.05) is 347 Å². The molecule has 1 N–H and O–H groups in total. The topological polar surface area (TPSA) is 108 Å². The minimum atomic E-state index is -4.39. The van der Waals surface area contributed by atoms with Gasteiger partial charge >= 0.3 is 19.8 Å². The monoisotopic (exact) mass is 1180 g/mol. The lowest BCUT2D eigenvalue weighted by Crippen LogP contribution is -2.37. The van der Waals surface area contributed by atoms with Crippen molar-refractivity contribution in [1.29, 1.82) is 0 Å². The Morgan fingerprint density at radius 3 is 0.902 bits per heavy atom. The standard InChI is InChI=1S/C72H142NO8P/c1-6-8-10-12-14-16-18-20-22-24-26-28-30-32-34-36-38-40-42-44-46-48-50-52-54-56-58-60-62-64-71(74)78-68-70(69-80-82(76,77)79-67-66-73(3,4)5)81-72(75)65-63-61-59-57-55-53-51-49-47-45-43-41-39-37-35-33-31-29-27-25-23-21-19-17-15-13-11-9-7-2/h25,27,70H,6-24,26,28-69H2,1-5H3/p+1/b27-25-. The molecule has 0 rings (SSSR count). The van der Waals surface area contributed by atoms with E-state index in [1.54, 1.807) is 0 Å². The molecule has 2 atom stereocenters. The average molecular weight is 1180 g/mol. The molecule has 2 unspecified atom stereocenters. The Bertz CT molecular complexity index is 1390. The van der Waals surface area contributed by atoms with Gasteiger partial charge in [0.25, 0.3) is 0 Å². The van der Waals surface area contributed by atoms with E-state index in [1.165, 1.54) is 321 Å². The number of phosphoric ester groups is 1. The highest BCUT2D eigenvalue weighted by Crippen LogP contribution is 2.43. The number of unbranched alkanes of at least 4 members (excludes halogenated alkanes) is 53. The summed E-state index contributed by atoms with van der Waals surface area (Å²) >= 11 is 0. The van der Waals surface area contributed by atoms with Gasteiger partial charge < -0.3 is 18.9 Å². The quantitative estimate of drug-likeness (QED) is 0.0211. The summed E-state index contributed by atoms with van der Waals surface area (Å²) in [6.45, 7) is 4.52. The number of phosphoric acid groups is 1. The Balaban J connectivity index is 3.96. The van der Waals surface area contributed by atoms with Crippen molar-refractivity contribution in [3.8, 4) is 0 Å². The normalized spacial score (nSPS) is 13.1. The first-order chi connectivity index (χ1) is 40.0. The van der Waals surface area contributed by atoms with Gasteiger partial charge in [-0.25, -0.2) is 4.57 Å². The molecule has 0 aliphatic heterocycles. The number of hydrogen-bond donors (Lipinski definition) is 1. The number of esters is 2. The maximum atomic E-state index is 12.9. The van der Waals surface area contributed by atoms with Gasteiger partial charge in [-0.3, -0.25) is 18.6 Å². The number of carbonyl (C=O) groups excluding carboxylic acids is 2. The molecule has 10 heteroatoms. The zero-order valence-electron chi connectivity index (χ0n) is 55.8. The third-order valence-electron chi connectivity index (χ3n) is 16.8. The van der Waals surface area contributed by atoms with Gasteiger partial charge in [0, 0.05) is 12.8 Å². The van der Waals surface area contributed by atoms with Gasteiger partial charge in [0.1, 0.15) is 19.8 Å². The molecule has 0 aliphatic carbocycles. The molecule has 0 aromatic carbocycles. The molecule has 0 heterocycles. The highest BCUT2D eigenvalue weighted by Gasteiger charge is 2.27.